The molecule has 1 fully saturated rings. The van der Waals surface area contributed by atoms with Gasteiger partial charge in [0.2, 0.25) is 0 Å². The van der Waals surface area contributed by atoms with Gasteiger partial charge in [0.05, 0.1) is 0 Å². The van der Waals surface area contributed by atoms with E-state index in [4.69, 9.17) is 4.74 Å². The minimum Gasteiger partial charge on any atom is -0.387 e. The largest absolute Gasteiger partial charge is 0.387 e. The van der Waals surface area contributed by atoms with Crippen molar-refractivity contribution in [1.29, 1.82) is 0 Å². The van der Waals surface area contributed by atoms with Crippen molar-refractivity contribution in [3.8, 4) is 0 Å². The van der Waals surface area contributed by atoms with E-state index in [0.717, 1.165) is 11.8 Å². The third-order valence-electron chi connectivity index (χ3n) is 2.40. The van der Waals surface area contributed by atoms with E-state index >= 15 is 0 Å². The minimum atomic E-state index is -1.21. The van der Waals surface area contributed by atoms with E-state index < -0.39 is 29.7 Å². The molecule has 1 rings (SSSR count). The first-order chi connectivity index (χ1) is 7.69. The lowest BCUT2D eigenvalue weighted by atomic mass is 9.96. The van der Waals surface area contributed by atoms with E-state index in [9.17, 15) is 19.8 Å². The zero-order valence-corrected chi connectivity index (χ0v) is 9.24. The van der Waals surface area contributed by atoms with Crippen LogP contribution in [0.1, 0.15) is 0 Å². The van der Waals surface area contributed by atoms with Crippen LogP contribution in [-0.4, -0.2) is 47.6 Å². The van der Waals surface area contributed by atoms with Crippen molar-refractivity contribution in [2.24, 2.45) is 15.5 Å². The van der Waals surface area contributed by atoms with Gasteiger partial charge in [-0.25, -0.2) is 0 Å². The molecular formula is C7H11N3O5S. The molecule has 0 amide bonds. The lowest BCUT2D eigenvalue weighted by Crippen LogP contribution is -2.55. The van der Waals surface area contributed by atoms with E-state index in [1.807, 2.05) is 0 Å². The van der Waals surface area contributed by atoms with Crippen molar-refractivity contribution in [3.63, 3.8) is 0 Å². The van der Waals surface area contributed by atoms with Gasteiger partial charge in [-0.05, 0) is 6.26 Å². The Morgan fingerprint density at radius 2 is 1.88 bits per heavy atom. The van der Waals surface area contributed by atoms with Crippen molar-refractivity contribution < 1.29 is 9.84 Å². The maximum atomic E-state index is 10.6. The van der Waals surface area contributed by atoms with Crippen LogP contribution in [0.2, 0.25) is 0 Å². The molecule has 1 saturated heterocycles. The van der Waals surface area contributed by atoms with Gasteiger partial charge in [0.15, 0.2) is 0 Å². The van der Waals surface area contributed by atoms with Crippen LogP contribution in [0.25, 0.3) is 0 Å². The second-order valence-electron chi connectivity index (χ2n) is 3.27. The smallest absolute Gasteiger partial charge is 0.149 e. The quantitative estimate of drug-likeness (QED) is 0.707. The Kier molecular flexibility index (Phi) is 4.90. The standard InChI is InChI=1S/C7H11N3O5S/c1-16-7-6(11)5(10-14)4(9-13)3(15-7)2-8-12/h3-7,11H,2H2,1H3/t3?,4-,5?,6?,7?/m1/s1. The fourth-order valence-corrected chi connectivity index (χ4v) is 2.28. The number of nitroso groups, excluding NO2 is 3. The summed E-state index contributed by atoms with van der Waals surface area (Å²) in [7, 11) is 0. The average molecular weight is 249 g/mol. The van der Waals surface area contributed by atoms with Crippen LogP contribution in [0.5, 0.6) is 0 Å². The Balaban J connectivity index is 2.89. The van der Waals surface area contributed by atoms with Crippen LogP contribution < -0.4 is 0 Å². The second kappa shape index (κ2) is 5.97. The maximum Gasteiger partial charge on any atom is 0.149 e. The Labute approximate surface area is 95.0 Å². The van der Waals surface area contributed by atoms with Crippen molar-refractivity contribution in [3.05, 3.63) is 14.7 Å². The van der Waals surface area contributed by atoms with Gasteiger partial charge in [-0.3, -0.25) is 0 Å². The monoisotopic (exact) mass is 249 g/mol. The number of ether oxygens (including phenoxy) is 1. The van der Waals surface area contributed by atoms with Crippen LogP contribution in [0.4, 0.5) is 0 Å². The highest BCUT2D eigenvalue weighted by Crippen LogP contribution is 2.30. The summed E-state index contributed by atoms with van der Waals surface area (Å²) in [6.45, 7) is -0.299. The average Bonchev–Trinajstić information content (AvgIpc) is 2.30. The van der Waals surface area contributed by atoms with Crippen molar-refractivity contribution in [2.45, 2.75) is 29.7 Å². The SMILES string of the molecule is CSC1OC(CN=O)[C@@H](N=O)C(N=O)C1O. The molecule has 0 aromatic rings. The maximum absolute atomic E-state index is 10.6. The number of hydrogen-bond acceptors (Lipinski definition) is 9. The van der Waals surface area contributed by atoms with Crippen LogP contribution in [0.15, 0.2) is 15.5 Å². The normalized spacial score (nSPS) is 39.0. The van der Waals surface area contributed by atoms with Gasteiger partial charge in [-0.1, -0.05) is 15.5 Å². The highest BCUT2D eigenvalue weighted by Gasteiger charge is 2.47. The molecular weight excluding hydrogens is 238 g/mol. The van der Waals surface area contributed by atoms with Gasteiger partial charge < -0.3 is 9.84 Å². The molecule has 0 aromatic carbocycles. The molecule has 0 radical (unpaired) electrons. The summed E-state index contributed by atoms with van der Waals surface area (Å²) in [5, 5.41) is 17.6. The van der Waals surface area contributed by atoms with E-state index in [1.54, 1.807) is 6.26 Å². The van der Waals surface area contributed by atoms with E-state index in [-0.39, 0.29) is 6.54 Å². The van der Waals surface area contributed by atoms with Crippen LogP contribution >= 0.6 is 11.8 Å². The molecule has 0 bridgehead atoms. The molecule has 1 heterocycles. The Bertz CT molecular complexity index is 279. The molecule has 8 nitrogen and oxygen atoms in total. The zero-order valence-electron chi connectivity index (χ0n) is 8.42. The summed E-state index contributed by atoms with van der Waals surface area (Å²) in [6.07, 6.45) is -0.452. The fraction of sp³-hybridized carbons (Fsp3) is 1.00. The molecule has 0 saturated carbocycles. The number of nitrogens with zero attached hydrogens (tertiary/aromatic N) is 3. The van der Waals surface area contributed by atoms with Gasteiger partial charge in [-0.15, -0.1) is 11.8 Å². The number of rotatable bonds is 5. The molecule has 0 aliphatic carbocycles. The number of thioether (sulfide) groups is 1. The zero-order chi connectivity index (χ0) is 12.1. The van der Waals surface area contributed by atoms with Crippen LogP contribution in [0, 0.1) is 14.7 Å². The summed E-state index contributed by atoms with van der Waals surface area (Å²) in [5.41, 5.74) is -0.715. The first-order valence-corrected chi connectivity index (χ1v) is 5.78. The van der Waals surface area contributed by atoms with Crippen molar-refractivity contribution in [2.75, 3.05) is 12.8 Å². The van der Waals surface area contributed by atoms with Gasteiger partial charge in [0.25, 0.3) is 0 Å². The van der Waals surface area contributed by atoms with E-state index in [1.165, 1.54) is 0 Å². The first-order valence-electron chi connectivity index (χ1n) is 4.50. The summed E-state index contributed by atoms with van der Waals surface area (Å²) < 4.78 is 5.25. The van der Waals surface area contributed by atoms with Crippen molar-refractivity contribution >= 4 is 11.8 Å². The summed E-state index contributed by atoms with van der Waals surface area (Å²) in [5.74, 6) is 0. The molecule has 0 aromatic heterocycles. The number of aliphatic hydroxyl groups excluding tert-OH is 1. The molecule has 16 heavy (non-hydrogen) atoms. The molecule has 4 unspecified atom stereocenters. The summed E-state index contributed by atoms with van der Waals surface area (Å²) in [4.78, 5) is 31.3. The van der Waals surface area contributed by atoms with Crippen LogP contribution in [-0.2, 0) is 4.74 Å². The molecule has 1 aliphatic heterocycles. The first kappa shape index (κ1) is 13.1. The Morgan fingerprint density at radius 3 is 2.31 bits per heavy atom. The lowest BCUT2D eigenvalue weighted by molar-refractivity contribution is -0.0907. The molecule has 5 atom stereocenters. The predicted molar refractivity (Wildman–Crippen MR) is 58.0 cm³/mol. The topological polar surface area (TPSA) is 118 Å². The molecule has 1 aliphatic rings. The second-order valence-corrected chi connectivity index (χ2v) is 4.21. The van der Waals surface area contributed by atoms with Gasteiger partial charge in [0, 0.05) is 0 Å². The molecule has 0 spiro atoms. The fourth-order valence-electron chi connectivity index (χ4n) is 1.59. The van der Waals surface area contributed by atoms with Gasteiger partial charge in [-0.2, -0.15) is 14.7 Å². The van der Waals surface area contributed by atoms with Gasteiger partial charge in [0.1, 0.15) is 36.3 Å². The summed E-state index contributed by atoms with van der Waals surface area (Å²) in [6, 6.07) is -2.37. The third kappa shape index (κ3) is 2.42. The van der Waals surface area contributed by atoms with E-state index in [0.29, 0.717) is 0 Å². The third-order valence-corrected chi connectivity index (χ3v) is 3.25. The highest BCUT2D eigenvalue weighted by atomic mass is 32.2. The van der Waals surface area contributed by atoms with Crippen molar-refractivity contribution in [1.82, 2.24) is 0 Å². The van der Waals surface area contributed by atoms with Gasteiger partial charge >= 0.3 is 0 Å². The minimum absolute atomic E-state index is 0.299. The highest BCUT2D eigenvalue weighted by molar-refractivity contribution is 7.99. The molecule has 9 heteroatoms. The number of hydrogen-bond donors (Lipinski definition) is 1. The Morgan fingerprint density at radius 1 is 1.25 bits per heavy atom. The molecule has 1 N–H and O–H groups in total. The molecule has 90 valence electrons. The predicted octanol–water partition coefficient (Wildman–Crippen LogP) is 0.472. The van der Waals surface area contributed by atoms with E-state index in [2.05, 4.69) is 15.5 Å². The number of aliphatic hydroxyl groups is 1. The Hall–Kier alpha value is -0.930. The lowest BCUT2D eigenvalue weighted by Gasteiger charge is -2.37. The summed E-state index contributed by atoms with van der Waals surface area (Å²) >= 11 is 1.16. The van der Waals surface area contributed by atoms with Crippen LogP contribution in [0.3, 0.4) is 0 Å².